The predicted octanol–water partition coefficient (Wildman–Crippen LogP) is 8.62. The quantitative estimate of drug-likeness (QED) is 0.0577. The fraction of sp³-hybridized carbons (Fsp3) is 0.939. The topological polar surface area (TPSA) is 77.7 Å². The molecule has 6 heteroatoms. The van der Waals surface area contributed by atoms with Gasteiger partial charge >= 0.3 is 11.9 Å². The van der Waals surface area contributed by atoms with Gasteiger partial charge in [-0.3, -0.25) is 9.59 Å². The minimum absolute atomic E-state index is 0.147. The molecule has 0 spiro atoms. The highest BCUT2D eigenvalue weighted by Gasteiger charge is 2.37. The summed E-state index contributed by atoms with van der Waals surface area (Å²) in [6, 6.07) is 0. The van der Waals surface area contributed by atoms with Crippen LogP contribution in [0.15, 0.2) is 0 Å². The zero-order valence-electron chi connectivity index (χ0n) is 25.6. The summed E-state index contributed by atoms with van der Waals surface area (Å²) >= 11 is 0. The van der Waals surface area contributed by atoms with E-state index in [0.29, 0.717) is 37.3 Å². The number of esters is 2. The van der Waals surface area contributed by atoms with Crippen molar-refractivity contribution in [2.24, 2.45) is 0 Å². The number of rotatable bonds is 27. The van der Waals surface area contributed by atoms with E-state index in [1.165, 1.54) is 89.9 Å². The van der Waals surface area contributed by atoms with E-state index in [1.807, 2.05) is 0 Å². The maximum atomic E-state index is 12.1. The fourth-order valence-electron chi connectivity index (χ4n) is 5.46. The molecule has 0 radical (unpaired) electrons. The van der Waals surface area contributed by atoms with E-state index in [4.69, 9.17) is 18.9 Å². The number of carbonyl (C=O) groups is 2. The summed E-state index contributed by atoms with van der Waals surface area (Å²) in [6.45, 7) is 6.41. The third kappa shape index (κ3) is 18.0. The Hall–Kier alpha value is -1.14. The van der Waals surface area contributed by atoms with Crippen molar-refractivity contribution in [1.82, 2.24) is 0 Å². The first-order valence-corrected chi connectivity index (χ1v) is 16.7. The van der Waals surface area contributed by atoms with Gasteiger partial charge in [0.1, 0.15) is 12.7 Å². The summed E-state index contributed by atoms with van der Waals surface area (Å²) < 4.78 is 22.2. The molecule has 39 heavy (non-hydrogen) atoms. The number of ether oxygens (including phenoxy) is 4. The Labute approximate surface area is 239 Å². The second-order valence-corrected chi connectivity index (χ2v) is 12.0. The van der Waals surface area contributed by atoms with Crippen molar-refractivity contribution in [3.8, 4) is 0 Å². The van der Waals surface area contributed by atoms with Crippen LogP contribution in [-0.4, -0.2) is 49.1 Å². The summed E-state index contributed by atoms with van der Waals surface area (Å²) in [5.41, 5.74) is 0. The van der Waals surface area contributed by atoms with Crippen molar-refractivity contribution in [2.75, 3.05) is 6.61 Å². The highest BCUT2D eigenvalue weighted by molar-refractivity contribution is 5.70. The Kier molecular flexibility index (Phi) is 18.9. The first-order chi connectivity index (χ1) is 19.0. The van der Waals surface area contributed by atoms with Gasteiger partial charge in [-0.1, -0.05) is 104 Å². The first kappa shape index (κ1) is 34.1. The van der Waals surface area contributed by atoms with Crippen molar-refractivity contribution < 1.29 is 28.5 Å². The number of epoxide rings is 2. The van der Waals surface area contributed by atoms with E-state index in [-0.39, 0.29) is 24.6 Å². The van der Waals surface area contributed by atoms with E-state index in [2.05, 4.69) is 13.8 Å². The maximum Gasteiger partial charge on any atom is 0.306 e. The molecule has 228 valence electrons. The van der Waals surface area contributed by atoms with Crippen LogP contribution >= 0.6 is 0 Å². The van der Waals surface area contributed by atoms with E-state index < -0.39 is 0 Å². The van der Waals surface area contributed by atoms with Gasteiger partial charge in [-0.15, -0.1) is 0 Å². The monoisotopic (exact) mass is 552 g/mol. The van der Waals surface area contributed by atoms with Crippen molar-refractivity contribution in [1.29, 1.82) is 0 Å². The van der Waals surface area contributed by atoms with Gasteiger partial charge in [-0.2, -0.15) is 0 Å². The maximum absolute atomic E-state index is 12.1. The second-order valence-electron chi connectivity index (χ2n) is 12.0. The number of hydrogen-bond donors (Lipinski definition) is 0. The van der Waals surface area contributed by atoms with Crippen LogP contribution in [-0.2, 0) is 28.5 Å². The lowest BCUT2D eigenvalue weighted by atomic mass is 10.0. The van der Waals surface area contributed by atoms with Gasteiger partial charge < -0.3 is 18.9 Å². The molecule has 2 saturated heterocycles. The van der Waals surface area contributed by atoms with Gasteiger partial charge in [-0.05, 0) is 45.4 Å². The molecule has 5 atom stereocenters. The van der Waals surface area contributed by atoms with Gasteiger partial charge in [0.15, 0.2) is 0 Å². The standard InChI is InChI=1S/C33H60O6/c1-4-6-14-20-28-30(38-28)22-16-10-8-12-18-24-32(34)36-26-27(3)37-33(35)25-19-13-9-11-17-23-31-29(39-31)21-15-7-5-2/h27-31H,4-26H2,1-3H3. The van der Waals surface area contributed by atoms with Crippen LogP contribution in [0.4, 0.5) is 0 Å². The molecule has 0 aromatic rings. The second kappa shape index (κ2) is 21.6. The van der Waals surface area contributed by atoms with Gasteiger partial charge in [0.2, 0.25) is 0 Å². The first-order valence-electron chi connectivity index (χ1n) is 16.7. The molecule has 0 N–H and O–H groups in total. The van der Waals surface area contributed by atoms with Crippen LogP contribution < -0.4 is 0 Å². The molecule has 0 bridgehead atoms. The number of carbonyl (C=O) groups excluding carboxylic acids is 2. The van der Waals surface area contributed by atoms with Crippen LogP contribution in [0.3, 0.4) is 0 Å². The third-order valence-electron chi connectivity index (χ3n) is 8.11. The molecular formula is C33H60O6. The van der Waals surface area contributed by atoms with Crippen LogP contribution in [0.2, 0.25) is 0 Å². The minimum atomic E-state index is -0.388. The summed E-state index contributed by atoms with van der Waals surface area (Å²) in [5, 5.41) is 0. The van der Waals surface area contributed by atoms with Gasteiger partial charge in [0.25, 0.3) is 0 Å². The molecule has 2 rings (SSSR count). The average Bonchev–Trinajstić information content (AvgIpc) is 3.84. The smallest absolute Gasteiger partial charge is 0.306 e. The Morgan fingerprint density at radius 3 is 1.41 bits per heavy atom. The zero-order valence-corrected chi connectivity index (χ0v) is 25.6. The summed E-state index contributed by atoms with van der Waals surface area (Å²) in [4.78, 5) is 24.1. The lowest BCUT2D eigenvalue weighted by molar-refractivity contribution is -0.158. The van der Waals surface area contributed by atoms with Crippen LogP contribution in [0.25, 0.3) is 0 Å². The van der Waals surface area contributed by atoms with E-state index >= 15 is 0 Å². The SMILES string of the molecule is CCCCCC1OC1CCCCCCCC(=O)OCC(C)OC(=O)CCCCCCCC1OC1CCCCC. The Bertz CT molecular complexity index is 638. The van der Waals surface area contributed by atoms with Crippen LogP contribution in [0.5, 0.6) is 0 Å². The van der Waals surface area contributed by atoms with E-state index in [1.54, 1.807) is 6.92 Å². The van der Waals surface area contributed by atoms with Crippen LogP contribution in [0, 0.1) is 0 Å². The molecule has 5 unspecified atom stereocenters. The number of unbranched alkanes of at least 4 members (excludes halogenated alkanes) is 12. The molecule has 2 aliphatic rings. The van der Waals surface area contributed by atoms with Gasteiger partial charge in [0.05, 0.1) is 24.4 Å². The van der Waals surface area contributed by atoms with Crippen molar-refractivity contribution >= 4 is 11.9 Å². The largest absolute Gasteiger partial charge is 0.462 e. The molecule has 0 aromatic heterocycles. The lowest BCUT2D eigenvalue weighted by Gasteiger charge is -2.13. The molecule has 2 aliphatic heterocycles. The molecule has 0 saturated carbocycles. The highest BCUT2D eigenvalue weighted by atomic mass is 16.6. The minimum Gasteiger partial charge on any atom is -0.462 e. The number of hydrogen-bond acceptors (Lipinski definition) is 6. The van der Waals surface area contributed by atoms with Crippen LogP contribution in [0.1, 0.15) is 162 Å². The summed E-state index contributed by atoms with van der Waals surface area (Å²) in [5.74, 6) is -0.383. The van der Waals surface area contributed by atoms with Crippen molar-refractivity contribution in [3.05, 3.63) is 0 Å². The Morgan fingerprint density at radius 1 is 0.564 bits per heavy atom. The van der Waals surface area contributed by atoms with E-state index in [0.717, 1.165) is 38.5 Å². The highest BCUT2D eigenvalue weighted by Crippen LogP contribution is 2.32. The summed E-state index contributed by atoms with van der Waals surface area (Å²) in [7, 11) is 0. The molecule has 0 aliphatic carbocycles. The Balaban J connectivity index is 1.30. The van der Waals surface area contributed by atoms with Crippen molar-refractivity contribution in [3.63, 3.8) is 0 Å². The molecule has 2 heterocycles. The normalized spacial score (nSPS) is 22.4. The Morgan fingerprint density at radius 2 is 0.949 bits per heavy atom. The lowest BCUT2D eigenvalue weighted by Crippen LogP contribution is -2.22. The predicted molar refractivity (Wildman–Crippen MR) is 157 cm³/mol. The molecule has 6 nitrogen and oxygen atoms in total. The zero-order chi connectivity index (χ0) is 28.1. The molecule has 0 aromatic carbocycles. The third-order valence-corrected chi connectivity index (χ3v) is 8.11. The molecular weight excluding hydrogens is 492 g/mol. The van der Waals surface area contributed by atoms with E-state index in [9.17, 15) is 9.59 Å². The average molecular weight is 553 g/mol. The molecule has 2 fully saturated rings. The molecule has 0 amide bonds. The van der Waals surface area contributed by atoms with Gasteiger partial charge in [-0.25, -0.2) is 0 Å². The summed E-state index contributed by atoms with van der Waals surface area (Å²) in [6.07, 6.45) is 26.2. The fourth-order valence-corrected chi connectivity index (χ4v) is 5.46. The van der Waals surface area contributed by atoms with Gasteiger partial charge in [0, 0.05) is 12.8 Å². The van der Waals surface area contributed by atoms with Crippen molar-refractivity contribution in [2.45, 2.75) is 193 Å².